The van der Waals surface area contributed by atoms with Gasteiger partial charge in [-0.3, -0.25) is 19.9 Å². The van der Waals surface area contributed by atoms with E-state index in [2.05, 4.69) is 35.7 Å². The third-order valence-electron chi connectivity index (χ3n) is 3.85. The second kappa shape index (κ2) is 9.01. The van der Waals surface area contributed by atoms with Crippen molar-refractivity contribution in [3.05, 3.63) is 71.6 Å². The maximum absolute atomic E-state index is 12.2. The number of nitrogens with zero attached hydrogens (tertiary/aromatic N) is 5. The third kappa shape index (κ3) is 4.89. The molecule has 0 aliphatic heterocycles. The Morgan fingerprint density at radius 2 is 1.97 bits per heavy atom. The summed E-state index contributed by atoms with van der Waals surface area (Å²) in [6.45, 7) is 0.110. The van der Waals surface area contributed by atoms with Gasteiger partial charge in [0.05, 0.1) is 24.9 Å². The van der Waals surface area contributed by atoms with Crippen LogP contribution in [-0.2, 0) is 17.8 Å². The normalized spacial score (nSPS) is 10.5. The summed E-state index contributed by atoms with van der Waals surface area (Å²) in [6, 6.07) is 9.40. The average molecular weight is 421 g/mol. The van der Waals surface area contributed by atoms with E-state index in [0.717, 1.165) is 5.56 Å². The molecule has 0 aliphatic rings. The van der Waals surface area contributed by atoms with Gasteiger partial charge in [-0.2, -0.15) is 4.98 Å². The molecule has 10 nitrogen and oxygen atoms in total. The number of carbonyl (C=O) groups excluding carboxylic acids is 2. The standard InChI is InChI=1S/C19H15N7O3S/c27-15(22-10-16-24-17(26-29-16)12-4-2-1-3-5-12)8-13-11-30-19(23-13)25-18(28)14-9-20-6-7-21-14/h1-7,9,11H,8,10H2,(H,22,27)(H,23,25,28). The Bertz CT molecular complexity index is 1150. The molecule has 30 heavy (non-hydrogen) atoms. The molecule has 3 aromatic heterocycles. The summed E-state index contributed by atoms with van der Waals surface area (Å²) in [5.74, 6) is 0.0888. The van der Waals surface area contributed by atoms with Gasteiger partial charge in [-0.25, -0.2) is 9.97 Å². The molecule has 0 bridgehead atoms. The zero-order valence-corrected chi connectivity index (χ0v) is 16.3. The molecule has 0 spiro atoms. The van der Waals surface area contributed by atoms with Crippen LogP contribution in [0, 0.1) is 0 Å². The van der Waals surface area contributed by atoms with Crippen LogP contribution in [0.25, 0.3) is 11.4 Å². The topological polar surface area (TPSA) is 136 Å². The van der Waals surface area contributed by atoms with E-state index in [-0.39, 0.29) is 24.6 Å². The fourth-order valence-electron chi connectivity index (χ4n) is 2.46. The Balaban J connectivity index is 1.28. The van der Waals surface area contributed by atoms with Crippen LogP contribution in [0.5, 0.6) is 0 Å². The quantitative estimate of drug-likeness (QED) is 0.463. The monoisotopic (exact) mass is 421 g/mol. The van der Waals surface area contributed by atoms with Crippen LogP contribution in [0.3, 0.4) is 0 Å². The van der Waals surface area contributed by atoms with Gasteiger partial charge in [0.2, 0.25) is 17.6 Å². The molecule has 4 rings (SSSR count). The molecule has 0 atom stereocenters. The van der Waals surface area contributed by atoms with E-state index in [0.29, 0.717) is 22.5 Å². The number of thiazole rings is 1. The Labute approximate surface area is 174 Å². The molecule has 4 aromatic rings. The molecule has 150 valence electrons. The molecule has 1 aromatic carbocycles. The number of rotatable bonds is 7. The van der Waals surface area contributed by atoms with E-state index in [1.807, 2.05) is 30.3 Å². The Hall–Kier alpha value is -3.99. The Kier molecular flexibility index (Phi) is 5.80. The van der Waals surface area contributed by atoms with Crippen molar-refractivity contribution >= 4 is 28.3 Å². The van der Waals surface area contributed by atoms with Crippen molar-refractivity contribution in [1.82, 2.24) is 30.4 Å². The first-order valence-electron chi connectivity index (χ1n) is 8.84. The molecule has 11 heteroatoms. The van der Waals surface area contributed by atoms with Crippen molar-refractivity contribution < 1.29 is 14.1 Å². The predicted octanol–water partition coefficient (Wildman–Crippen LogP) is 2.09. The average Bonchev–Trinajstić information content (AvgIpc) is 3.43. The SMILES string of the molecule is O=C(Cc1csc(NC(=O)c2cnccn2)n1)NCc1nc(-c2ccccc2)no1. The van der Waals surface area contributed by atoms with E-state index < -0.39 is 5.91 Å². The second-order valence-electron chi connectivity index (χ2n) is 6.02. The van der Waals surface area contributed by atoms with Crippen LogP contribution in [0.2, 0.25) is 0 Å². The maximum Gasteiger partial charge on any atom is 0.277 e. The molecule has 0 aliphatic carbocycles. The van der Waals surface area contributed by atoms with Crippen molar-refractivity contribution in [2.75, 3.05) is 5.32 Å². The van der Waals surface area contributed by atoms with Gasteiger partial charge in [0, 0.05) is 23.3 Å². The first-order valence-corrected chi connectivity index (χ1v) is 9.72. The molecule has 2 amide bonds. The summed E-state index contributed by atoms with van der Waals surface area (Å²) >= 11 is 1.22. The van der Waals surface area contributed by atoms with Gasteiger partial charge in [-0.1, -0.05) is 35.5 Å². The van der Waals surface area contributed by atoms with Gasteiger partial charge in [-0.05, 0) is 0 Å². The van der Waals surface area contributed by atoms with Gasteiger partial charge in [0.1, 0.15) is 5.69 Å². The number of hydrogen-bond donors (Lipinski definition) is 2. The van der Waals surface area contributed by atoms with E-state index in [9.17, 15) is 9.59 Å². The first kappa shape index (κ1) is 19.3. The van der Waals surface area contributed by atoms with Gasteiger partial charge in [0.25, 0.3) is 5.91 Å². The van der Waals surface area contributed by atoms with Crippen LogP contribution in [0.1, 0.15) is 22.1 Å². The molecular weight excluding hydrogens is 406 g/mol. The van der Waals surface area contributed by atoms with Gasteiger partial charge >= 0.3 is 0 Å². The van der Waals surface area contributed by atoms with Crippen molar-refractivity contribution in [2.24, 2.45) is 0 Å². The van der Waals surface area contributed by atoms with Crippen molar-refractivity contribution in [3.63, 3.8) is 0 Å². The molecule has 3 heterocycles. The minimum Gasteiger partial charge on any atom is -0.347 e. The highest BCUT2D eigenvalue weighted by molar-refractivity contribution is 7.14. The molecule has 0 saturated carbocycles. The number of benzene rings is 1. The number of amides is 2. The highest BCUT2D eigenvalue weighted by Gasteiger charge is 2.13. The second-order valence-corrected chi connectivity index (χ2v) is 6.88. The molecule has 0 saturated heterocycles. The summed E-state index contributed by atoms with van der Waals surface area (Å²) in [7, 11) is 0. The predicted molar refractivity (Wildman–Crippen MR) is 107 cm³/mol. The van der Waals surface area contributed by atoms with Crippen LogP contribution < -0.4 is 10.6 Å². The fraction of sp³-hybridized carbons (Fsp3) is 0.105. The largest absolute Gasteiger partial charge is 0.347 e. The van der Waals surface area contributed by atoms with Crippen molar-refractivity contribution in [1.29, 1.82) is 0 Å². The van der Waals surface area contributed by atoms with Crippen LogP contribution >= 0.6 is 11.3 Å². The summed E-state index contributed by atoms with van der Waals surface area (Å²) in [5.41, 5.74) is 1.54. The molecule has 0 fully saturated rings. The Morgan fingerprint density at radius 1 is 1.10 bits per heavy atom. The fourth-order valence-corrected chi connectivity index (χ4v) is 3.16. The number of anilines is 1. The number of hydrogen-bond acceptors (Lipinski definition) is 9. The van der Waals surface area contributed by atoms with Crippen LogP contribution in [-0.4, -0.2) is 36.9 Å². The highest BCUT2D eigenvalue weighted by Crippen LogP contribution is 2.17. The number of carbonyl (C=O) groups is 2. The lowest BCUT2D eigenvalue weighted by Gasteiger charge is -2.01. The van der Waals surface area contributed by atoms with Gasteiger partial charge in [-0.15, -0.1) is 11.3 Å². The first-order chi connectivity index (χ1) is 14.7. The van der Waals surface area contributed by atoms with E-state index >= 15 is 0 Å². The minimum atomic E-state index is -0.418. The summed E-state index contributed by atoms with van der Waals surface area (Å²) in [5, 5.41) is 11.3. The summed E-state index contributed by atoms with van der Waals surface area (Å²) in [4.78, 5) is 40.5. The summed E-state index contributed by atoms with van der Waals surface area (Å²) < 4.78 is 5.16. The molecule has 2 N–H and O–H groups in total. The lowest BCUT2D eigenvalue weighted by atomic mass is 10.2. The van der Waals surface area contributed by atoms with Gasteiger partial charge in [0.15, 0.2) is 5.13 Å². The molecular formula is C19H15N7O3S. The number of aromatic nitrogens is 5. The third-order valence-corrected chi connectivity index (χ3v) is 4.65. The lowest BCUT2D eigenvalue weighted by Crippen LogP contribution is -2.24. The zero-order valence-electron chi connectivity index (χ0n) is 15.5. The highest BCUT2D eigenvalue weighted by atomic mass is 32.1. The smallest absolute Gasteiger partial charge is 0.277 e. The van der Waals surface area contributed by atoms with Gasteiger partial charge < -0.3 is 9.84 Å². The number of nitrogens with one attached hydrogen (secondary N) is 2. The van der Waals surface area contributed by atoms with E-state index in [1.165, 1.54) is 29.9 Å². The van der Waals surface area contributed by atoms with E-state index in [1.54, 1.807) is 5.38 Å². The summed E-state index contributed by atoms with van der Waals surface area (Å²) in [6.07, 6.45) is 4.32. The molecule has 0 radical (unpaired) electrons. The Morgan fingerprint density at radius 3 is 2.77 bits per heavy atom. The maximum atomic E-state index is 12.2. The van der Waals surface area contributed by atoms with E-state index in [4.69, 9.17) is 4.52 Å². The van der Waals surface area contributed by atoms with Crippen molar-refractivity contribution in [3.8, 4) is 11.4 Å². The van der Waals surface area contributed by atoms with Crippen molar-refractivity contribution in [2.45, 2.75) is 13.0 Å². The van der Waals surface area contributed by atoms with Crippen LogP contribution in [0.15, 0.2) is 58.8 Å². The minimum absolute atomic E-state index is 0.0528. The lowest BCUT2D eigenvalue weighted by molar-refractivity contribution is -0.120. The molecule has 0 unspecified atom stereocenters. The van der Waals surface area contributed by atoms with Crippen LogP contribution in [0.4, 0.5) is 5.13 Å². The zero-order chi connectivity index (χ0) is 20.8.